The largest absolute Gasteiger partial charge is 0.450 e. The molecule has 0 unspecified atom stereocenters. The number of ether oxygens (including phenoxy) is 1. The first-order valence-corrected chi connectivity index (χ1v) is 11.0. The van der Waals surface area contributed by atoms with Crippen molar-refractivity contribution in [2.24, 2.45) is 0 Å². The average molecular weight is 422 g/mol. The van der Waals surface area contributed by atoms with Crippen molar-refractivity contribution in [1.29, 1.82) is 0 Å². The van der Waals surface area contributed by atoms with Gasteiger partial charge in [0, 0.05) is 42.6 Å². The third-order valence-electron chi connectivity index (χ3n) is 6.60. The highest BCUT2D eigenvalue weighted by atomic mass is 16.6. The van der Waals surface area contributed by atoms with Gasteiger partial charge in [-0.05, 0) is 6.07 Å². The van der Waals surface area contributed by atoms with Gasteiger partial charge in [-0.15, -0.1) is 0 Å². The molecule has 2 aliphatic heterocycles. The van der Waals surface area contributed by atoms with Crippen LogP contribution < -0.4 is 4.90 Å². The van der Waals surface area contributed by atoms with Crippen molar-refractivity contribution in [2.45, 2.75) is 18.4 Å². The standard InChI is InChI=1S/C27H23N3O2/c31-25-21-13-7-8-14-22(21)27(32-25)15-17-30(18-16-27)26-28-23(19-9-3-1-4-10-19)24(29-26)20-11-5-2-6-12-20/h1-14H,15-18H2,(H,28,29). The maximum absolute atomic E-state index is 12.4. The summed E-state index contributed by atoms with van der Waals surface area (Å²) >= 11 is 0. The van der Waals surface area contributed by atoms with E-state index in [1.165, 1.54) is 0 Å². The zero-order chi connectivity index (χ0) is 21.5. The molecule has 0 amide bonds. The molecule has 3 heterocycles. The summed E-state index contributed by atoms with van der Waals surface area (Å²) in [5, 5.41) is 0. The van der Waals surface area contributed by atoms with Crippen LogP contribution in [-0.2, 0) is 10.3 Å². The van der Waals surface area contributed by atoms with Crippen LogP contribution >= 0.6 is 0 Å². The molecule has 6 rings (SSSR count). The van der Waals surface area contributed by atoms with Crippen molar-refractivity contribution in [3.05, 3.63) is 96.1 Å². The van der Waals surface area contributed by atoms with Crippen molar-refractivity contribution in [1.82, 2.24) is 9.97 Å². The Labute approximate surface area is 186 Å². The highest BCUT2D eigenvalue weighted by molar-refractivity contribution is 5.94. The second-order valence-corrected chi connectivity index (χ2v) is 8.43. The molecule has 4 aromatic rings. The second kappa shape index (κ2) is 7.38. The minimum Gasteiger partial charge on any atom is -0.450 e. The summed E-state index contributed by atoms with van der Waals surface area (Å²) in [5.74, 6) is 0.653. The number of fused-ring (bicyclic) bond motifs is 2. The van der Waals surface area contributed by atoms with E-state index in [-0.39, 0.29) is 5.97 Å². The molecular formula is C27H23N3O2. The fourth-order valence-corrected chi connectivity index (χ4v) is 4.93. The van der Waals surface area contributed by atoms with Gasteiger partial charge in [-0.2, -0.15) is 0 Å². The number of rotatable bonds is 3. The van der Waals surface area contributed by atoms with Gasteiger partial charge in [-0.1, -0.05) is 78.9 Å². The van der Waals surface area contributed by atoms with Gasteiger partial charge < -0.3 is 14.6 Å². The van der Waals surface area contributed by atoms with E-state index in [4.69, 9.17) is 9.72 Å². The second-order valence-electron chi connectivity index (χ2n) is 8.43. The number of aromatic amines is 1. The predicted octanol–water partition coefficient (Wildman–Crippen LogP) is 5.41. The molecule has 0 atom stereocenters. The van der Waals surface area contributed by atoms with Crippen LogP contribution in [0.4, 0.5) is 5.95 Å². The number of hydrogen-bond donors (Lipinski definition) is 1. The van der Waals surface area contributed by atoms with E-state index < -0.39 is 5.60 Å². The predicted molar refractivity (Wildman–Crippen MR) is 124 cm³/mol. The number of hydrogen-bond acceptors (Lipinski definition) is 4. The Bertz CT molecular complexity index is 1220. The maximum atomic E-state index is 12.4. The molecular weight excluding hydrogens is 398 g/mol. The van der Waals surface area contributed by atoms with E-state index in [2.05, 4.69) is 34.1 Å². The summed E-state index contributed by atoms with van der Waals surface area (Å²) in [6, 6.07) is 28.4. The molecule has 1 spiro atoms. The van der Waals surface area contributed by atoms with Crippen LogP contribution in [0.25, 0.3) is 22.5 Å². The summed E-state index contributed by atoms with van der Waals surface area (Å²) in [7, 11) is 0. The van der Waals surface area contributed by atoms with Crippen LogP contribution in [0.3, 0.4) is 0 Å². The van der Waals surface area contributed by atoms with Crippen molar-refractivity contribution >= 4 is 11.9 Å². The molecule has 5 nitrogen and oxygen atoms in total. The number of aromatic nitrogens is 2. The quantitative estimate of drug-likeness (QED) is 0.450. The van der Waals surface area contributed by atoms with E-state index >= 15 is 0 Å². The Morgan fingerprint density at radius 1 is 0.812 bits per heavy atom. The van der Waals surface area contributed by atoms with Gasteiger partial charge in [-0.3, -0.25) is 0 Å². The Morgan fingerprint density at radius 2 is 1.44 bits per heavy atom. The molecule has 0 saturated carbocycles. The molecule has 5 heteroatoms. The summed E-state index contributed by atoms with van der Waals surface area (Å²) in [5.41, 5.74) is 5.38. The molecule has 1 N–H and O–H groups in total. The van der Waals surface area contributed by atoms with Crippen LogP contribution in [-0.4, -0.2) is 29.0 Å². The third-order valence-corrected chi connectivity index (χ3v) is 6.60. The molecule has 3 aromatic carbocycles. The maximum Gasteiger partial charge on any atom is 0.339 e. The molecule has 158 valence electrons. The minimum atomic E-state index is -0.513. The highest BCUT2D eigenvalue weighted by Crippen LogP contribution is 2.44. The Morgan fingerprint density at radius 3 is 2.16 bits per heavy atom. The van der Waals surface area contributed by atoms with Gasteiger partial charge >= 0.3 is 5.97 Å². The fraction of sp³-hybridized carbons (Fsp3) is 0.185. The van der Waals surface area contributed by atoms with Gasteiger partial charge in [0.2, 0.25) is 5.95 Å². The Balaban J connectivity index is 1.33. The lowest BCUT2D eigenvalue weighted by Crippen LogP contribution is -2.43. The van der Waals surface area contributed by atoms with Gasteiger partial charge in [-0.25, -0.2) is 9.78 Å². The van der Waals surface area contributed by atoms with Crippen LogP contribution in [0.1, 0.15) is 28.8 Å². The smallest absolute Gasteiger partial charge is 0.339 e. The van der Waals surface area contributed by atoms with Crippen molar-refractivity contribution in [3.63, 3.8) is 0 Å². The number of benzene rings is 3. The topological polar surface area (TPSA) is 58.2 Å². The van der Waals surface area contributed by atoms with E-state index in [9.17, 15) is 4.79 Å². The van der Waals surface area contributed by atoms with Gasteiger partial charge in [0.05, 0.1) is 17.0 Å². The highest BCUT2D eigenvalue weighted by Gasteiger charge is 2.47. The lowest BCUT2D eigenvalue weighted by molar-refractivity contribution is -0.0211. The number of imidazole rings is 1. The first-order valence-electron chi connectivity index (χ1n) is 11.0. The monoisotopic (exact) mass is 421 g/mol. The molecule has 1 fully saturated rings. The number of esters is 1. The van der Waals surface area contributed by atoms with Crippen LogP contribution in [0.2, 0.25) is 0 Å². The first kappa shape index (κ1) is 18.9. The van der Waals surface area contributed by atoms with E-state index in [0.29, 0.717) is 5.56 Å². The third kappa shape index (κ3) is 3.01. The summed E-state index contributed by atoms with van der Waals surface area (Å²) < 4.78 is 5.92. The Kier molecular flexibility index (Phi) is 4.35. The molecule has 1 aromatic heterocycles. The van der Waals surface area contributed by atoms with Crippen LogP contribution in [0.5, 0.6) is 0 Å². The van der Waals surface area contributed by atoms with E-state index in [1.807, 2.05) is 60.7 Å². The number of nitrogens with one attached hydrogen (secondary N) is 1. The Hall–Kier alpha value is -3.86. The number of H-pyrrole nitrogens is 1. The molecule has 0 aliphatic carbocycles. The number of piperidine rings is 1. The molecule has 32 heavy (non-hydrogen) atoms. The van der Waals surface area contributed by atoms with Crippen LogP contribution in [0.15, 0.2) is 84.9 Å². The van der Waals surface area contributed by atoms with Gasteiger partial charge in [0.25, 0.3) is 0 Å². The number of carbonyl (C=O) groups is 1. The molecule has 0 radical (unpaired) electrons. The average Bonchev–Trinajstić information content (AvgIpc) is 3.41. The van der Waals surface area contributed by atoms with E-state index in [0.717, 1.165) is 60.0 Å². The minimum absolute atomic E-state index is 0.204. The zero-order valence-electron chi connectivity index (χ0n) is 17.6. The van der Waals surface area contributed by atoms with Crippen molar-refractivity contribution in [2.75, 3.05) is 18.0 Å². The van der Waals surface area contributed by atoms with E-state index in [1.54, 1.807) is 0 Å². The normalized spacial score (nSPS) is 16.8. The zero-order valence-corrected chi connectivity index (χ0v) is 17.6. The summed E-state index contributed by atoms with van der Waals surface area (Å²) in [6.45, 7) is 1.52. The van der Waals surface area contributed by atoms with Gasteiger partial charge in [0.15, 0.2) is 0 Å². The molecule has 0 bridgehead atoms. The summed E-state index contributed by atoms with van der Waals surface area (Å²) in [4.78, 5) is 23.3. The number of nitrogens with zero attached hydrogens (tertiary/aromatic N) is 2. The number of carbonyl (C=O) groups excluding carboxylic acids is 1. The van der Waals surface area contributed by atoms with Crippen LogP contribution in [0, 0.1) is 0 Å². The SMILES string of the molecule is O=C1OC2(CCN(c3nc(-c4ccccc4)c(-c4ccccc4)[nH]3)CC2)c2ccccc21. The molecule has 1 saturated heterocycles. The number of anilines is 1. The van der Waals surface area contributed by atoms with Crippen molar-refractivity contribution in [3.8, 4) is 22.5 Å². The lowest BCUT2D eigenvalue weighted by atomic mass is 9.84. The van der Waals surface area contributed by atoms with Crippen molar-refractivity contribution < 1.29 is 9.53 Å². The lowest BCUT2D eigenvalue weighted by Gasteiger charge is -2.38. The first-order chi connectivity index (χ1) is 15.7. The fourth-order valence-electron chi connectivity index (χ4n) is 4.93. The van der Waals surface area contributed by atoms with Gasteiger partial charge in [0.1, 0.15) is 5.60 Å². The molecule has 2 aliphatic rings. The summed E-state index contributed by atoms with van der Waals surface area (Å²) in [6.07, 6.45) is 1.50.